The summed E-state index contributed by atoms with van der Waals surface area (Å²) in [4.78, 5) is 30.8. The summed E-state index contributed by atoms with van der Waals surface area (Å²) < 4.78 is 14.9. The van der Waals surface area contributed by atoms with E-state index in [1.807, 2.05) is 19.1 Å². The summed E-state index contributed by atoms with van der Waals surface area (Å²) in [5.74, 6) is 1.52. The molecule has 6 rings (SSSR count). The molecule has 6 aromatic rings. The molecule has 38 heavy (non-hydrogen) atoms. The molecule has 0 amide bonds. The molecular weight excluding hydrogens is 501 g/mol. The number of aromatic amines is 1. The molecule has 0 bridgehead atoms. The number of aryl methyl sites for hydroxylation is 2. The monoisotopic (exact) mass is 527 g/mol. The van der Waals surface area contributed by atoms with E-state index in [0.29, 0.717) is 47.1 Å². The second kappa shape index (κ2) is 10.4. The fraction of sp³-hybridized carbons (Fsp3) is 0.259. The molecule has 0 aliphatic carbocycles. The van der Waals surface area contributed by atoms with Gasteiger partial charge in [-0.25, -0.2) is 33.9 Å². The largest absolute Gasteiger partial charge is 0.330 e. The second-order valence-corrected chi connectivity index (χ2v) is 9.68. The number of fused-ring (bicyclic) bond motifs is 3. The van der Waals surface area contributed by atoms with Crippen molar-refractivity contribution < 1.29 is 3.89 Å². The molecule has 0 fully saturated rings. The van der Waals surface area contributed by atoms with Gasteiger partial charge in [-0.2, -0.15) is 0 Å². The van der Waals surface area contributed by atoms with E-state index in [4.69, 9.17) is 10.7 Å². The Labute approximate surface area is 222 Å². The van der Waals surface area contributed by atoms with Crippen molar-refractivity contribution in [3.63, 3.8) is 0 Å². The van der Waals surface area contributed by atoms with Gasteiger partial charge in [-0.1, -0.05) is 31.2 Å². The van der Waals surface area contributed by atoms with Gasteiger partial charge in [0.05, 0.1) is 23.8 Å². The van der Waals surface area contributed by atoms with E-state index < -0.39 is 0 Å². The minimum Gasteiger partial charge on any atom is -0.330 e. The number of benzene rings is 2. The summed E-state index contributed by atoms with van der Waals surface area (Å²) in [6, 6.07) is 12.3. The maximum atomic E-state index is 13.5. The number of unbranched alkanes of at least 4 members (excludes halogenated alkanes) is 1. The lowest BCUT2D eigenvalue weighted by Crippen LogP contribution is -1.99. The summed E-state index contributed by atoms with van der Waals surface area (Å²) in [5.41, 5.74) is 11.1. The fourth-order valence-electron chi connectivity index (χ4n) is 4.57. The number of imidazole rings is 2. The molecule has 11 heteroatoms. The molecule has 4 heterocycles. The van der Waals surface area contributed by atoms with Gasteiger partial charge in [-0.3, -0.25) is 0 Å². The van der Waals surface area contributed by atoms with Crippen LogP contribution in [0.1, 0.15) is 37.8 Å². The van der Waals surface area contributed by atoms with E-state index in [1.54, 1.807) is 12.4 Å². The van der Waals surface area contributed by atoms with Crippen LogP contribution in [0, 0.1) is 0 Å². The van der Waals surface area contributed by atoms with Gasteiger partial charge in [0.1, 0.15) is 11.6 Å². The fourth-order valence-corrected chi connectivity index (χ4v) is 4.98. The molecule has 0 saturated heterocycles. The Morgan fingerprint density at radius 1 is 0.868 bits per heavy atom. The van der Waals surface area contributed by atoms with Gasteiger partial charge in [-0.05, 0) is 48.7 Å². The molecule has 192 valence electrons. The summed E-state index contributed by atoms with van der Waals surface area (Å²) in [6.07, 6.45) is 7.73. The van der Waals surface area contributed by atoms with Crippen LogP contribution < -0.4 is 5.73 Å². The van der Waals surface area contributed by atoms with Gasteiger partial charge in [0.2, 0.25) is 0 Å². The normalized spacial score (nSPS) is 11.8. The SMILES string of the molecule is CCCc1nc2nc(-c3ccc4cc(-c5cnc6nc(CCCCN)[nH]c6n5)ccc4c3)cnc2n1SF. The van der Waals surface area contributed by atoms with Crippen LogP contribution in [0.2, 0.25) is 0 Å². The Morgan fingerprint density at radius 2 is 1.61 bits per heavy atom. The average Bonchev–Trinajstić information content (AvgIpc) is 3.52. The molecule has 0 unspecified atom stereocenters. The van der Waals surface area contributed by atoms with Crippen molar-refractivity contribution in [2.24, 2.45) is 5.73 Å². The summed E-state index contributed by atoms with van der Waals surface area (Å²) in [7, 11) is 0. The first-order valence-electron chi connectivity index (χ1n) is 12.7. The molecule has 9 nitrogen and oxygen atoms in total. The number of nitrogens with two attached hydrogens (primary N) is 1. The summed E-state index contributed by atoms with van der Waals surface area (Å²) in [6.45, 7) is 2.71. The summed E-state index contributed by atoms with van der Waals surface area (Å²) in [5, 5.41) is 2.13. The number of H-pyrrole nitrogens is 1. The third-order valence-corrected chi connectivity index (χ3v) is 7.02. The van der Waals surface area contributed by atoms with Crippen LogP contribution in [0.15, 0.2) is 48.8 Å². The van der Waals surface area contributed by atoms with Crippen LogP contribution >= 0.6 is 12.3 Å². The predicted molar refractivity (Wildman–Crippen MR) is 149 cm³/mol. The number of nitrogens with one attached hydrogen (secondary N) is 1. The Kier molecular flexibility index (Phi) is 6.69. The van der Waals surface area contributed by atoms with Crippen molar-refractivity contribution in [1.82, 2.24) is 38.9 Å². The Hall–Kier alpha value is -3.96. The third kappa shape index (κ3) is 4.59. The van der Waals surface area contributed by atoms with Gasteiger partial charge in [0, 0.05) is 24.0 Å². The predicted octanol–water partition coefficient (Wildman–Crippen LogP) is 5.59. The zero-order chi connectivity index (χ0) is 26.1. The quantitative estimate of drug-likeness (QED) is 0.233. The molecule has 0 spiro atoms. The Morgan fingerprint density at radius 3 is 2.32 bits per heavy atom. The van der Waals surface area contributed by atoms with E-state index >= 15 is 0 Å². The highest BCUT2D eigenvalue weighted by atomic mass is 32.2. The molecule has 3 N–H and O–H groups in total. The van der Waals surface area contributed by atoms with Crippen molar-refractivity contribution in [3.8, 4) is 22.5 Å². The molecule has 0 radical (unpaired) electrons. The lowest BCUT2D eigenvalue weighted by atomic mass is 10.0. The standard InChI is InChI=1S/C27H26FN9S/c1-2-5-23-36-26-27(37(23)38-28)31-15-21(33-26)19-10-8-16-12-18(9-7-17(16)13-19)20-14-30-24-25(32-20)35-22(34-24)6-3-4-11-29/h7-10,12-15H,2-6,11,29H2,1H3,(H,30,32,34,35). The molecule has 2 aromatic carbocycles. The third-order valence-electron chi connectivity index (χ3n) is 6.50. The number of hydrogen-bond donors (Lipinski definition) is 2. The highest BCUT2D eigenvalue weighted by Gasteiger charge is 2.15. The topological polar surface area (TPSA) is 124 Å². The van der Waals surface area contributed by atoms with Crippen LogP contribution in [-0.2, 0) is 12.8 Å². The van der Waals surface area contributed by atoms with Gasteiger partial charge in [0.25, 0.3) is 0 Å². The number of rotatable bonds is 9. The van der Waals surface area contributed by atoms with E-state index in [1.165, 1.54) is 3.97 Å². The second-order valence-electron chi connectivity index (χ2n) is 9.18. The summed E-state index contributed by atoms with van der Waals surface area (Å²) >= 11 is 0.112. The number of halogens is 1. The van der Waals surface area contributed by atoms with Crippen molar-refractivity contribution >= 4 is 45.7 Å². The maximum absolute atomic E-state index is 13.5. The maximum Gasteiger partial charge on any atom is 0.199 e. The lowest BCUT2D eigenvalue weighted by Gasteiger charge is -2.06. The smallest absolute Gasteiger partial charge is 0.199 e. The van der Waals surface area contributed by atoms with Crippen LogP contribution in [0.25, 0.3) is 55.9 Å². The highest BCUT2D eigenvalue weighted by Crippen LogP contribution is 2.29. The Balaban J connectivity index is 1.29. The zero-order valence-electron chi connectivity index (χ0n) is 20.9. The van der Waals surface area contributed by atoms with E-state index in [9.17, 15) is 3.89 Å². The number of nitrogens with zero attached hydrogens (tertiary/aromatic N) is 7. The minimum absolute atomic E-state index is 0.112. The Bertz CT molecular complexity index is 1760. The first-order valence-corrected chi connectivity index (χ1v) is 13.3. The van der Waals surface area contributed by atoms with Crippen LogP contribution in [0.4, 0.5) is 3.89 Å². The van der Waals surface area contributed by atoms with Crippen molar-refractivity contribution in [2.45, 2.75) is 39.0 Å². The first kappa shape index (κ1) is 24.4. The van der Waals surface area contributed by atoms with Crippen LogP contribution in [0.3, 0.4) is 0 Å². The zero-order valence-corrected chi connectivity index (χ0v) is 21.7. The average molecular weight is 528 g/mol. The van der Waals surface area contributed by atoms with Gasteiger partial charge < -0.3 is 10.7 Å². The highest BCUT2D eigenvalue weighted by molar-refractivity contribution is 7.92. The van der Waals surface area contributed by atoms with Gasteiger partial charge >= 0.3 is 0 Å². The van der Waals surface area contributed by atoms with E-state index in [-0.39, 0.29) is 12.3 Å². The van der Waals surface area contributed by atoms with Gasteiger partial charge in [0.15, 0.2) is 34.9 Å². The van der Waals surface area contributed by atoms with E-state index in [0.717, 1.165) is 59.1 Å². The molecule has 0 atom stereocenters. The lowest BCUT2D eigenvalue weighted by molar-refractivity contribution is 0.724. The molecule has 0 saturated carbocycles. The molecule has 0 aliphatic heterocycles. The van der Waals surface area contributed by atoms with E-state index in [2.05, 4.69) is 54.2 Å². The van der Waals surface area contributed by atoms with Crippen LogP contribution in [0.5, 0.6) is 0 Å². The van der Waals surface area contributed by atoms with Crippen LogP contribution in [-0.4, -0.2) is 45.4 Å². The van der Waals surface area contributed by atoms with Crippen molar-refractivity contribution in [2.75, 3.05) is 6.54 Å². The molecule has 4 aromatic heterocycles. The number of aromatic nitrogens is 8. The van der Waals surface area contributed by atoms with Gasteiger partial charge in [-0.15, -0.1) is 3.89 Å². The van der Waals surface area contributed by atoms with Crippen molar-refractivity contribution in [1.29, 1.82) is 0 Å². The van der Waals surface area contributed by atoms with Crippen molar-refractivity contribution in [3.05, 3.63) is 60.4 Å². The number of hydrogen-bond acceptors (Lipinski definition) is 8. The first-order chi connectivity index (χ1) is 18.7. The molecule has 0 aliphatic rings. The molecular formula is C27H26FN9S. The minimum atomic E-state index is 0.112.